The molecule has 0 fully saturated rings. The van der Waals surface area contributed by atoms with Crippen LogP contribution in [-0.4, -0.2) is 28.9 Å². The highest BCUT2D eigenvalue weighted by Gasteiger charge is 2.43. The smallest absolute Gasteiger partial charge is 0.252 e. The Morgan fingerprint density at radius 1 is 0.459 bits per heavy atom. The standard InChI is InChI=1S/C55H50BN5/c1-7-33-57(8-2)44-34-49-53-50(35-44)59-39(6)37(4)52-48(61(42-25-17-11-18-26-42)43-27-19-12-20-28-43)32-30-46(55(52)59)56(53)45-29-31-47(51-36(3)38(5)58(49)54(45)51)60(40-21-13-9-14-22-40)41-23-15-10-16-24-41/h9-32,34-35H,7-8,33H2,1-6H3. The summed E-state index contributed by atoms with van der Waals surface area (Å²) in [5, 5.41) is 2.61. The molecule has 0 spiro atoms. The third-order valence-corrected chi connectivity index (χ3v) is 13.6. The molecule has 0 atom stereocenters. The van der Waals surface area contributed by atoms with E-state index < -0.39 is 0 Å². The van der Waals surface area contributed by atoms with Crippen molar-refractivity contribution in [2.45, 2.75) is 48.0 Å². The zero-order chi connectivity index (χ0) is 41.5. The zero-order valence-electron chi connectivity index (χ0n) is 35.9. The molecule has 0 bridgehead atoms. The summed E-state index contributed by atoms with van der Waals surface area (Å²) in [5.41, 5.74) is 22.8. The second-order valence-corrected chi connectivity index (χ2v) is 16.8. The summed E-state index contributed by atoms with van der Waals surface area (Å²) < 4.78 is 5.23. The molecule has 2 aromatic heterocycles. The Kier molecular flexibility index (Phi) is 8.75. The first-order valence-electron chi connectivity index (χ1n) is 21.9. The molecule has 7 aromatic carbocycles. The van der Waals surface area contributed by atoms with Gasteiger partial charge in [0, 0.05) is 75.1 Å². The van der Waals surface area contributed by atoms with Crippen molar-refractivity contribution in [3.63, 3.8) is 0 Å². The molecule has 0 unspecified atom stereocenters. The summed E-state index contributed by atoms with van der Waals surface area (Å²) in [6.45, 7) is 15.9. The summed E-state index contributed by atoms with van der Waals surface area (Å²) in [6, 6.07) is 58.1. The van der Waals surface area contributed by atoms with E-state index in [4.69, 9.17) is 0 Å². The van der Waals surface area contributed by atoms with Gasteiger partial charge in [-0.25, -0.2) is 0 Å². The first-order chi connectivity index (χ1) is 29.9. The van der Waals surface area contributed by atoms with E-state index in [0.717, 1.165) is 42.3 Å². The molecule has 9 aromatic rings. The third kappa shape index (κ3) is 5.41. The lowest BCUT2D eigenvalue weighted by atomic mass is 9.34. The van der Waals surface area contributed by atoms with E-state index in [9.17, 15) is 0 Å². The maximum Gasteiger partial charge on any atom is 0.252 e. The summed E-state index contributed by atoms with van der Waals surface area (Å²) in [6.07, 6.45) is 1.09. The van der Waals surface area contributed by atoms with Crippen LogP contribution in [0.4, 0.5) is 39.8 Å². The van der Waals surface area contributed by atoms with Crippen LogP contribution in [0.3, 0.4) is 0 Å². The van der Waals surface area contributed by atoms with Crippen molar-refractivity contribution in [2.75, 3.05) is 27.8 Å². The maximum atomic E-state index is 2.62. The molecule has 0 saturated carbocycles. The molecule has 0 amide bonds. The van der Waals surface area contributed by atoms with Gasteiger partial charge in [-0.1, -0.05) is 91.9 Å². The summed E-state index contributed by atoms with van der Waals surface area (Å²) >= 11 is 0. The van der Waals surface area contributed by atoms with Crippen LogP contribution in [0.15, 0.2) is 158 Å². The Hall–Kier alpha value is -6.92. The Labute approximate surface area is 359 Å². The van der Waals surface area contributed by atoms with E-state index >= 15 is 0 Å². The summed E-state index contributed by atoms with van der Waals surface area (Å²) in [5.74, 6) is 0. The van der Waals surface area contributed by atoms with Crippen LogP contribution in [0.25, 0.3) is 33.2 Å². The lowest BCUT2D eigenvalue weighted by molar-refractivity contribution is 0.790. The minimum absolute atomic E-state index is 0.0413. The summed E-state index contributed by atoms with van der Waals surface area (Å²) in [4.78, 5) is 7.45. The minimum atomic E-state index is 0.0413. The van der Waals surface area contributed by atoms with Crippen LogP contribution in [-0.2, 0) is 0 Å². The van der Waals surface area contributed by atoms with Crippen molar-refractivity contribution in [1.82, 2.24) is 9.13 Å². The minimum Gasteiger partial charge on any atom is -0.372 e. The molecule has 11 rings (SSSR count). The predicted octanol–water partition coefficient (Wildman–Crippen LogP) is 12.1. The first-order valence-corrected chi connectivity index (χ1v) is 21.9. The second-order valence-electron chi connectivity index (χ2n) is 16.8. The third-order valence-electron chi connectivity index (χ3n) is 13.6. The molecule has 0 N–H and O–H groups in total. The molecule has 0 saturated heterocycles. The highest BCUT2D eigenvalue weighted by atomic mass is 15.2. The average molecular weight is 792 g/mol. The molecular weight excluding hydrogens is 741 g/mol. The number of para-hydroxylation sites is 4. The van der Waals surface area contributed by atoms with Gasteiger partial charge >= 0.3 is 0 Å². The van der Waals surface area contributed by atoms with Crippen molar-refractivity contribution in [1.29, 1.82) is 0 Å². The fraction of sp³-hybridized carbons (Fsp3) is 0.164. The van der Waals surface area contributed by atoms with E-state index in [2.05, 4.69) is 223 Å². The number of fused-ring (bicyclic) bond motifs is 4. The molecule has 4 heterocycles. The van der Waals surface area contributed by atoms with Crippen molar-refractivity contribution in [3.05, 3.63) is 180 Å². The van der Waals surface area contributed by atoms with Gasteiger partial charge in [0.05, 0.1) is 22.4 Å². The van der Waals surface area contributed by atoms with Gasteiger partial charge in [0.1, 0.15) is 0 Å². The lowest BCUT2D eigenvalue weighted by Crippen LogP contribution is -2.59. The average Bonchev–Trinajstić information content (AvgIpc) is 3.73. The zero-order valence-corrected chi connectivity index (χ0v) is 35.9. The van der Waals surface area contributed by atoms with Gasteiger partial charge in [0.2, 0.25) is 0 Å². The summed E-state index contributed by atoms with van der Waals surface area (Å²) in [7, 11) is 0. The Morgan fingerprint density at radius 2 is 0.836 bits per heavy atom. The fourth-order valence-electron chi connectivity index (χ4n) is 10.7. The topological polar surface area (TPSA) is 19.6 Å². The van der Waals surface area contributed by atoms with Gasteiger partial charge in [-0.3, -0.25) is 0 Å². The van der Waals surface area contributed by atoms with E-state index in [0.29, 0.717) is 0 Å². The normalized spacial score (nSPS) is 12.3. The Balaban J connectivity index is 1.25. The van der Waals surface area contributed by atoms with Gasteiger partial charge in [-0.2, -0.15) is 0 Å². The number of hydrogen-bond acceptors (Lipinski definition) is 3. The molecule has 298 valence electrons. The molecular formula is C55H50BN5. The number of anilines is 7. The Bertz CT molecular complexity index is 2850. The number of aromatic nitrogens is 2. The van der Waals surface area contributed by atoms with Crippen LogP contribution in [0.5, 0.6) is 0 Å². The maximum absolute atomic E-state index is 2.62. The van der Waals surface area contributed by atoms with Crippen LogP contribution < -0.4 is 31.1 Å². The molecule has 61 heavy (non-hydrogen) atoms. The monoisotopic (exact) mass is 791 g/mol. The lowest BCUT2D eigenvalue weighted by Gasteiger charge is -2.37. The van der Waals surface area contributed by atoms with Crippen molar-refractivity contribution in [2.24, 2.45) is 0 Å². The second kappa shape index (κ2) is 14.4. The number of rotatable bonds is 10. The quantitative estimate of drug-likeness (QED) is 0.129. The highest BCUT2D eigenvalue weighted by molar-refractivity contribution is 7.00. The highest BCUT2D eigenvalue weighted by Crippen LogP contribution is 2.47. The molecule has 2 aliphatic rings. The van der Waals surface area contributed by atoms with Gasteiger partial charge in [-0.05, 0) is 141 Å². The van der Waals surface area contributed by atoms with Crippen LogP contribution in [0.1, 0.15) is 42.8 Å². The predicted molar refractivity (Wildman–Crippen MR) is 261 cm³/mol. The van der Waals surface area contributed by atoms with E-state index in [1.54, 1.807) is 0 Å². The van der Waals surface area contributed by atoms with Crippen LogP contribution in [0, 0.1) is 27.7 Å². The Morgan fingerprint density at radius 3 is 1.18 bits per heavy atom. The van der Waals surface area contributed by atoms with E-state index in [1.165, 1.54) is 89.1 Å². The molecule has 6 heteroatoms. The molecule has 2 aliphatic heterocycles. The van der Waals surface area contributed by atoms with E-state index in [1.807, 2.05) is 0 Å². The van der Waals surface area contributed by atoms with Crippen LogP contribution in [0.2, 0.25) is 0 Å². The van der Waals surface area contributed by atoms with E-state index in [-0.39, 0.29) is 6.71 Å². The largest absolute Gasteiger partial charge is 0.372 e. The number of nitrogens with zero attached hydrogens (tertiary/aromatic N) is 5. The van der Waals surface area contributed by atoms with Gasteiger partial charge < -0.3 is 23.8 Å². The molecule has 0 aliphatic carbocycles. The number of benzene rings is 7. The van der Waals surface area contributed by atoms with Gasteiger partial charge in [-0.15, -0.1) is 0 Å². The number of hydrogen-bond donors (Lipinski definition) is 0. The van der Waals surface area contributed by atoms with Crippen molar-refractivity contribution < 1.29 is 0 Å². The van der Waals surface area contributed by atoms with Crippen LogP contribution >= 0.6 is 0 Å². The van der Waals surface area contributed by atoms with Gasteiger partial charge in [0.25, 0.3) is 6.71 Å². The number of aryl methyl sites for hydroxylation is 2. The van der Waals surface area contributed by atoms with Gasteiger partial charge in [0.15, 0.2) is 0 Å². The molecule has 0 radical (unpaired) electrons. The SMILES string of the molecule is CCCN(CC)c1cc2c3c(c1)-n1c(C)c(C)c4c(N(c5ccccc5)c5ccccc5)ccc(c41)B3c1ccc(N(c3ccccc3)c3ccccc3)c3c(C)c(C)n-2c13. The molecule has 5 nitrogen and oxygen atoms in total. The fourth-order valence-corrected chi connectivity index (χ4v) is 10.7. The first kappa shape index (κ1) is 37.1. The van der Waals surface area contributed by atoms with Crippen molar-refractivity contribution in [3.8, 4) is 11.4 Å². The van der Waals surface area contributed by atoms with Crippen molar-refractivity contribution >= 4 is 84.7 Å².